The van der Waals surface area contributed by atoms with Crippen LogP contribution in [0.4, 0.5) is 17.6 Å². The minimum absolute atomic E-state index is 0.0497. The van der Waals surface area contributed by atoms with Crippen LogP contribution in [0.15, 0.2) is 60.7 Å². The Morgan fingerprint density at radius 1 is 0.591 bits per heavy atom. The first-order chi connectivity index (χ1) is 21.4. The van der Waals surface area contributed by atoms with Gasteiger partial charge in [0.05, 0.1) is 0 Å². The second kappa shape index (κ2) is 15.4. The van der Waals surface area contributed by atoms with Gasteiger partial charge in [0.2, 0.25) is 0 Å². The van der Waals surface area contributed by atoms with Crippen LogP contribution in [-0.4, -0.2) is 0 Å². The third-order valence-corrected chi connectivity index (χ3v) is 10.5. The van der Waals surface area contributed by atoms with Crippen molar-refractivity contribution in [2.75, 3.05) is 0 Å². The molecule has 3 aromatic carbocycles. The largest absolute Gasteiger partial charge is 0.203 e. The summed E-state index contributed by atoms with van der Waals surface area (Å²) in [7, 11) is 0. The van der Waals surface area contributed by atoms with Crippen molar-refractivity contribution in [1.82, 2.24) is 0 Å². The summed E-state index contributed by atoms with van der Waals surface area (Å²) in [6, 6.07) is 13.3. The Hall–Kier alpha value is -2.88. The van der Waals surface area contributed by atoms with E-state index in [9.17, 15) is 4.39 Å². The zero-order valence-electron chi connectivity index (χ0n) is 26.5. The van der Waals surface area contributed by atoms with Crippen LogP contribution in [0.2, 0.25) is 0 Å². The smallest absolute Gasteiger partial charge is 0.166 e. The van der Waals surface area contributed by atoms with E-state index in [0.717, 1.165) is 69.6 Å². The van der Waals surface area contributed by atoms with E-state index in [2.05, 4.69) is 26.0 Å². The zero-order valence-corrected chi connectivity index (χ0v) is 26.5. The van der Waals surface area contributed by atoms with E-state index >= 15 is 13.2 Å². The van der Waals surface area contributed by atoms with E-state index < -0.39 is 23.3 Å². The van der Waals surface area contributed by atoms with Gasteiger partial charge in [-0.25, -0.2) is 17.6 Å². The van der Waals surface area contributed by atoms with Gasteiger partial charge in [-0.3, -0.25) is 0 Å². The summed E-state index contributed by atoms with van der Waals surface area (Å²) in [6.45, 7) is 4.24. The lowest BCUT2D eigenvalue weighted by atomic mass is 9.68. The lowest BCUT2D eigenvalue weighted by Gasteiger charge is -2.37. The van der Waals surface area contributed by atoms with Crippen LogP contribution < -0.4 is 0 Å². The number of hydrogen-bond acceptors (Lipinski definition) is 0. The molecule has 0 atom stereocenters. The fourth-order valence-corrected chi connectivity index (χ4v) is 7.84. The number of benzene rings is 3. The summed E-state index contributed by atoms with van der Waals surface area (Å²) >= 11 is 0. The molecule has 4 heteroatoms. The van der Waals surface area contributed by atoms with Gasteiger partial charge in [0.1, 0.15) is 0 Å². The summed E-state index contributed by atoms with van der Waals surface area (Å²) in [6.07, 6.45) is 19.4. The second-order valence-corrected chi connectivity index (χ2v) is 13.3. The first-order valence-corrected chi connectivity index (χ1v) is 17.1. The van der Waals surface area contributed by atoms with Crippen molar-refractivity contribution in [3.8, 4) is 22.3 Å². The molecule has 236 valence electrons. The van der Waals surface area contributed by atoms with Crippen LogP contribution in [0.3, 0.4) is 0 Å². The van der Waals surface area contributed by atoms with Gasteiger partial charge < -0.3 is 0 Å². The molecule has 5 rings (SSSR count). The topological polar surface area (TPSA) is 0 Å². The number of rotatable bonds is 11. The number of halogens is 4. The van der Waals surface area contributed by atoms with Crippen molar-refractivity contribution in [3.05, 3.63) is 95.1 Å². The Balaban J connectivity index is 1.22. The average Bonchev–Trinajstić information content (AvgIpc) is 3.05. The third-order valence-electron chi connectivity index (χ3n) is 10.5. The molecule has 0 aromatic heterocycles. The van der Waals surface area contributed by atoms with Gasteiger partial charge in [-0.05, 0) is 117 Å². The van der Waals surface area contributed by atoms with E-state index in [0.29, 0.717) is 34.6 Å². The maximum atomic E-state index is 15.5. The van der Waals surface area contributed by atoms with Gasteiger partial charge in [0.15, 0.2) is 23.3 Å². The van der Waals surface area contributed by atoms with Gasteiger partial charge in [-0.2, -0.15) is 0 Å². The van der Waals surface area contributed by atoms with E-state index in [1.807, 2.05) is 0 Å². The lowest BCUT2D eigenvalue weighted by molar-refractivity contribution is 0.170. The molecule has 0 aliphatic heterocycles. The number of aryl methyl sites for hydroxylation is 1. The highest BCUT2D eigenvalue weighted by atomic mass is 19.2. The van der Waals surface area contributed by atoms with Gasteiger partial charge in [-0.1, -0.05) is 93.3 Å². The maximum absolute atomic E-state index is 15.5. The first-order valence-electron chi connectivity index (χ1n) is 17.1. The van der Waals surface area contributed by atoms with Crippen LogP contribution in [0, 0.1) is 41.0 Å². The summed E-state index contributed by atoms with van der Waals surface area (Å²) in [5.41, 5.74) is 2.27. The predicted octanol–water partition coefficient (Wildman–Crippen LogP) is 12.7. The first kappa shape index (κ1) is 32.5. The standard InChI is InChI=1S/C40H48F4/c1-3-5-6-7-8-10-33-23-24-34(38(42)37(33)41)31-19-21-32(22-20-31)36-26-25-35(39(43)40(36)44)30-17-15-29(16-18-30)28-13-11-27(9-4-2)12-14-28/h4,9,19-30H,3,5-8,10-18H2,1-2H3. The van der Waals surface area contributed by atoms with E-state index in [4.69, 9.17) is 0 Å². The monoisotopic (exact) mass is 604 g/mol. The fourth-order valence-electron chi connectivity index (χ4n) is 7.84. The minimum atomic E-state index is -0.860. The lowest BCUT2D eigenvalue weighted by Crippen LogP contribution is -2.25. The number of hydrogen-bond donors (Lipinski definition) is 0. The molecule has 0 amide bonds. The van der Waals surface area contributed by atoms with Gasteiger partial charge >= 0.3 is 0 Å². The summed E-state index contributed by atoms with van der Waals surface area (Å²) in [4.78, 5) is 0. The van der Waals surface area contributed by atoms with Crippen molar-refractivity contribution in [1.29, 1.82) is 0 Å². The zero-order chi connectivity index (χ0) is 31.1. The molecule has 3 aromatic rings. The molecule has 44 heavy (non-hydrogen) atoms. The van der Waals surface area contributed by atoms with Crippen molar-refractivity contribution in [2.45, 2.75) is 110 Å². The molecule has 2 fully saturated rings. The van der Waals surface area contributed by atoms with Crippen LogP contribution in [0.5, 0.6) is 0 Å². The molecule has 0 radical (unpaired) electrons. The summed E-state index contributed by atoms with van der Waals surface area (Å²) < 4.78 is 60.8. The molecule has 0 saturated heterocycles. The molecule has 0 unspecified atom stereocenters. The van der Waals surface area contributed by atoms with Crippen molar-refractivity contribution in [3.63, 3.8) is 0 Å². The van der Waals surface area contributed by atoms with Gasteiger partial charge in [-0.15, -0.1) is 0 Å². The van der Waals surface area contributed by atoms with Crippen molar-refractivity contribution >= 4 is 0 Å². The van der Waals surface area contributed by atoms with Crippen LogP contribution in [0.25, 0.3) is 22.3 Å². The molecule has 0 bridgehead atoms. The number of unbranched alkanes of at least 4 members (excludes halogenated alkanes) is 4. The predicted molar refractivity (Wildman–Crippen MR) is 175 cm³/mol. The SMILES string of the molecule is CC=CC1CCC(C2CCC(c3ccc(-c4ccc(-c5ccc(CCCCCCC)c(F)c5F)cc4)c(F)c3F)CC2)CC1. The summed E-state index contributed by atoms with van der Waals surface area (Å²) in [5, 5.41) is 0. The molecule has 0 heterocycles. The quantitative estimate of drug-likeness (QED) is 0.116. The van der Waals surface area contributed by atoms with Gasteiger partial charge in [0, 0.05) is 11.1 Å². The van der Waals surface area contributed by atoms with Crippen LogP contribution in [-0.2, 0) is 6.42 Å². The molecule has 2 aliphatic carbocycles. The Kier molecular flexibility index (Phi) is 11.4. The van der Waals surface area contributed by atoms with Crippen LogP contribution in [0.1, 0.15) is 114 Å². The molecular formula is C40H48F4. The Morgan fingerprint density at radius 3 is 1.73 bits per heavy atom. The molecule has 0 spiro atoms. The van der Waals surface area contributed by atoms with Crippen LogP contribution >= 0.6 is 0 Å². The van der Waals surface area contributed by atoms with Crippen molar-refractivity contribution in [2.24, 2.45) is 17.8 Å². The Morgan fingerprint density at radius 2 is 1.14 bits per heavy atom. The second-order valence-electron chi connectivity index (χ2n) is 13.3. The molecule has 2 saturated carbocycles. The maximum Gasteiger partial charge on any atom is 0.166 e. The van der Waals surface area contributed by atoms with Gasteiger partial charge in [0.25, 0.3) is 0 Å². The highest BCUT2D eigenvalue weighted by Gasteiger charge is 2.32. The highest BCUT2D eigenvalue weighted by molar-refractivity contribution is 5.71. The fraction of sp³-hybridized carbons (Fsp3) is 0.500. The van der Waals surface area contributed by atoms with Crippen molar-refractivity contribution < 1.29 is 17.6 Å². The Labute approximate surface area is 262 Å². The minimum Gasteiger partial charge on any atom is -0.203 e. The average molecular weight is 605 g/mol. The third kappa shape index (κ3) is 7.49. The molecule has 2 aliphatic rings. The van der Waals surface area contributed by atoms with E-state index in [1.54, 1.807) is 48.5 Å². The van der Waals surface area contributed by atoms with E-state index in [-0.39, 0.29) is 17.0 Å². The number of allylic oxidation sites excluding steroid dienone is 2. The van der Waals surface area contributed by atoms with E-state index in [1.165, 1.54) is 25.7 Å². The molecule has 0 nitrogen and oxygen atoms in total. The normalized spacial score (nSPS) is 22.5. The summed E-state index contributed by atoms with van der Waals surface area (Å²) in [5.74, 6) is -0.988. The molecule has 0 N–H and O–H groups in total. The molecular weight excluding hydrogens is 556 g/mol. The Bertz CT molecular complexity index is 1390. The highest BCUT2D eigenvalue weighted by Crippen LogP contribution is 2.45.